The van der Waals surface area contributed by atoms with E-state index >= 15 is 0 Å². The second kappa shape index (κ2) is 2.11. The Bertz CT molecular complexity index is 379. The van der Waals surface area contributed by atoms with Gasteiger partial charge < -0.3 is 9.84 Å². The smallest absolute Gasteiger partial charge is 0.348 e. The maximum Gasteiger partial charge on any atom is 0.348 e. The van der Waals surface area contributed by atoms with E-state index < -0.39 is 5.97 Å². The van der Waals surface area contributed by atoms with Crippen LogP contribution in [0, 0.1) is 0 Å². The topological polar surface area (TPSA) is 46.5 Å². The Labute approximate surface area is 68.9 Å². The number of rotatable bonds is 0. The molecule has 1 aromatic carbocycles. The first-order valence-electron chi connectivity index (χ1n) is 3.43. The Hall–Kier alpha value is -1.77. The monoisotopic (exact) mass is 162 g/mol. The van der Waals surface area contributed by atoms with E-state index in [9.17, 15) is 9.90 Å². The van der Waals surface area contributed by atoms with Gasteiger partial charge in [0.05, 0.1) is 0 Å². The minimum Gasteiger partial charge on any atom is -0.507 e. The van der Waals surface area contributed by atoms with Crippen LogP contribution >= 0.6 is 0 Å². The number of hydrogen-bond donors (Lipinski definition) is 1. The summed E-state index contributed by atoms with van der Waals surface area (Å²) in [6.07, 6.45) is 0. The van der Waals surface area contributed by atoms with Gasteiger partial charge >= 0.3 is 5.97 Å². The van der Waals surface area contributed by atoms with Crippen LogP contribution in [0.3, 0.4) is 0 Å². The zero-order valence-corrected chi connectivity index (χ0v) is 6.20. The molecular weight excluding hydrogens is 156 g/mol. The van der Waals surface area contributed by atoms with Crippen molar-refractivity contribution in [3.8, 4) is 5.75 Å². The average molecular weight is 162 g/mol. The largest absolute Gasteiger partial charge is 0.507 e. The molecule has 0 aromatic heterocycles. The molecule has 0 amide bonds. The Balaban J connectivity index is 2.75. The third-order valence-corrected chi connectivity index (χ3v) is 1.76. The van der Waals surface area contributed by atoms with Gasteiger partial charge in [0.1, 0.15) is 17.1 Å². The molecule has 1 aliphatic rings. The van der Waals surface area contributed by atoms with Crippen LogP contribution in [0.5, 0.6) is 5.75 Å². The molecule has 0 radical (unpaired) electrons. The highest BCUT2D eigenvalue weighted by molar-refractivity contribution is 6.04. The van der Waals surface area contributed by atoms with Crippen molar-refractivity contribution in [1.82, 2.24) is 0 Å². The first-order chi connectivity index (χ1) is 5.70. The summed E-state index contributed by atoms with van der Waals surface area (Å²) >= 11 is 0. The van der Waals surface area contributed by atoms with E-state index in [4.69, 9.17) is 4.74 Å². The van der Waals surface area contributed by atoms with E-state index in [1.807, 2.05) is 0 Å². The first kappa shape index (κ1) is 6.91. The van der Waals surface area contributed by atoms with Crippen LogP contribution in [-0.2, 0) is 4.74 Å². The predicted octanol–water partition coefficient (Wildman–Crippen LogP) is 1.53. The second-order valence-electron chi connectivity index (χ2n) is 2.51. The van der Waals surface area contributed by atoms with E-state index in [-0.39, 0.29) is 11.3 Å². The third-order valence-electron chi connectivity index (χ3n) is 1.76. The molecule has 3 heteroatoms. The van der Waals surface area contributed by atoms with Crippen molar-refractivity contribution in [3.05, 3.63) is 35.9 Å². The van der Waals surface area contributed by atoms with Crippen LogP contribution in [0.4, 0.5) is 0 Å². The molecule has 0 saturated heterocycles. The molecule has 0 spiro atoms. The van der Waals surface area contributed by atoms with Crippen LogP contribution in [0.25, 0.3) is 5.76 Å². The minimum absolute atomic E-state index is 0.0591. The number of phenols is 1. The van der Waals surface area contributed by atoms with Gasteiger partial charge in [0, 0.05) is 5.56 Å². The number of cyclic esters (lactones) is 1. The molecule has 1 N–H and O–H groups in total. The van der Waals surface area contributed by atoms with Crippen molar-refractivity contribution in [2.45, 2.75) is 0 Å². The van der Waals surface area contributed by atoms with E-state index in [0.29, 0.717) is 11.3 Å². The van der Waals surface area contributed by atoms with Gasteiger partial charge in [-0.05, 0) is 6.07 Å². The quantitative estimate of drug-likeness (QED) is 0.588. The van der Waals surface area contributed by atoms with Crippen molar-refractivity contribution in [1.29, 1.82) is 0 Å². The summed E-state index contributed by atoms with van der Waals surface area (Å²) < 4.78 is 4.72. The number of hydrogen-bond acceptors (Lipinski definition) is 3. The lowest BCUT2D eigenvalue weighted by molar-refractivity contribution is 0.0714. The summed E-state index contributed by atoms with van der Waals surface area (Å²) in [5.74, 6) is -0.296. The molecule has 1 aromatic rings. The molecule has 0 bridgehead atoms. The lowest BCUT2D eigenvalue weighted by Gasteiger charge is -1.95. The Kier molecular flexibility index (Phi) is 1.21. The molecule has 12 heavy (non-hydrogen) atoms. The van der Waals surface area contributed by atoms with Gasteiger partial charge in [-0.15, -0.1) is 0 Å². The Morgan fingerprint density at radius 2 is 2.17 bits per heavy atom. The molecular formula is C9H6O3. The lowest BCUT2D eigenvalue weighted by Crippen LogP contribution is -1.93. The Morgan fingerprint density at radius 1 is 1.42 bits per heavy atom. The second-order valence-corrected chi connectivity index (χ2v) is 2.51. The number of carbonyl (C=O) groups is 1. The van der Waals surface area contributed by atoms with Gasteiger partial charge in [-0.2, -0.15) is 0 Å². The number of aromatic hydroxyl groups is 1. The number of fused-ring (bicyclic) bond motifs is 1. The molecule has 1 aliphatic heterocycles. The summed E-state index contributed by atoms with van der Waals surface area (Å²) in [6.45, 7) is 3.53. The fraction of sp³-hybridized carbons (Fsp3) is 0. The van der Waals surface area contributed by atoms with Crippen LogP contribution in [0.15, 0.2) is 24.8 Å². The maximum absolute atomic E-state index is 11.1. The fourth-order valence-electron chi connectivity index (χ4n) is 1.20. The van der Waals surface area contributed by atoms with E-state index in [1.165, 1.54) is 6.07 Å². The molecule has 3 nitrogen and oxygen atoms in total. The van der Waals surface area contributed by atoms with E-state index in [0.717, 1.165) is 0 Å². The molecule has 2 rings (SSSR count). The predicted molar refractivity (Wildman–Crippen MR) is 42.6 cm³/mol. The molecule has 0 aliphatic carbocycles. The number of esters is 1. The average Bonchev–Trinajstić information content (AvgIpc) is 2.29. The van der Waals surface area contributed by atoms with Crippen LogP contribution < -0.4 is 0 Å². The summed E-state index contributed by atoms with van der Waals surface area (Å²) in [5.41, 5.74) is 0.780. The number of benzene rings is 1. The summed E-state index contributed by atoms with van der Waals surface area (Å²) in [4.78, 5) is 11.1. The van der Waals surface area contributed by atoms with Crippen LogP contribution in [-0.4, -0.2) is 11.1 Å². The SMILES string of the molecule is C=C1OC(=O)c2c(O)cccc21. The first-order valence-corrected chi connectivity index (χ1v) is 3.43. The highest BCUT2D eigenvalue weighted by atomic mass is 16.5. The summed E-state index contributed by atoms with van der Waals surface area (Å²) in [7, 11) is 0. The lowest BCUT2D eigenvalue weighted by atomic mass is 10.1. The minimum atomic E-state index is -0.534. The molecule has 0 fully saturated rings. The number of ether oxygens (including phenoxy) is 1. The molecule has 0 atom stereocenters. The number of phenolic OH excluding ortho intramolecular Hbond substituents is 1. The molecule has 1 heterocycles. The normalized spacial score (nSPS) is 14.3. The standard InChI is InChI=1S/C9H6O3/c1-5-6-3-2-4-7(10)8(6)9(11)12-5/h2-4,10H,1H2. The van der Waals surface area contributed by atoms with Gasteiger partial charge in [0.2, 0.25) is 0 Å². The highest BCUT2D eigenvalue weighted by Gasteiger charge is 2.27. The fourth-order valence-corrected chi connectivity index (χ4v) is 1.20. The van der Waals surface area contributed by atoms with Gasteiger partial charge in [0.25, 0.3) is 0 Å². The summed E-state index contributed by atoms with van der Waals surface area (Å²) in [5, 5.41) is 9.28. The van der Waals surface area contributed by atoms with Crippen LogP contribution in [0.2, 0.25) is 0 Å². The highest BCUT2D eigenvalue weighted by Crippen LogP contribution is 2.33. The molecule has 0 unspecified atom stereocenters. The van der Waals surface area contributed by atoms with E-state index in [1.54, 1.807) is 12.1 Å². The number of carbonyl (C=O) groups excluding carboxylic acids is 1. The summed E-state index contributed by atoms with van der Waals surface area (Å²) in [6, 6.07) is 4.77. The van der Waals surface area contributed by atoms with Gasteiger partial charge in [-0.1, -0.05) is 18.7 Å². The van der Waals surface area contributed by atoms with Crippen molar-refractivity contribution < 1.29 is 14.6 Å². The van der Waals surface area contributed by atoms with Crippen molar-refractivity contribution in [2.24, 2.45) is 0 Å². The van der Waals surface area contributed by atoms with Crippen LogP contribution in [0.1, 0.15) is 15.9 Å². The maximum atomic E-state index is 11.1. The zero-order chi connectivity index (χ0) is 8.72. The zero-order valence-electron chi connectivity index (χ0n) is 6.20. The Morgan fingerprint density at radius 3 is 2.83 bits per heavy atom. The van der Waals surface area contributed by atoms with Gasteiger partial charge in [0.15, 0.2) is 0 Å². The van der Waals surface area contributed by atoms with Crippen molar-refractivity contribution >= 4 is 11.7 Å². The molecule has 60 valence electrons. The van der Waals surface area contributed by atoms with Crippen molar-refractivity contribution in [3.63, 3.8) is 0 Å². The van der Waals surface area contributed by atoms with E-state index in [2.05, 4.69) is 6.58 Å². The third kappa shape index (κ3) is 0.733. The van der Waals surface area contributed by atoms with Crippen molar-refractivity contribution in [2.75, 3.05) is 0 Å². The molecule has 0 saturated carbocycles. The van der Waals surface area contributed by atoms with Gasteiger partial charge in [-0.3, -0.25) is 0 Å². The van der Waals surface area contributed by atoms with Gasteiger partial charge in [-0.25, -0.2) is 4.79 Å².